The van der Waals surface area contributed by atoms with Crippen molar-refractivity contribution in [1.29, 1.82) is 0 Å². The smallest absolute Gasteiger partial charge is 0.251 e. The lowest BCUT2D eigenvalue weighted by Crippen LogP contribution is -2.23. The quantitative estimate of drug-likeness (QED) is 0.864. The molecule has 1 aliphatic rings. The van der Waals surface area contributed by atoms with Crippen molar-refractivity contribution in [2.24, 2.45) is 0 Å². The number of hydrogen-bond donors (Lipinski definition) is 1. The largest absolute Gasteiger partial charge is 0.326 e. The second-order valence-corrected chi connectivity index (χ2v) is 10.6. The van der Waals surface area contributed by atoms with Gasteiger partial charge in [-0.25, -0.2) is 8.42 Å². The summed E-state index contributed by atoms with van der Waals surface area (Å²) in [5, 5.41) is -0.304. The Hall–Kier alpha value is -1.44. The van der Waals surface area contributed by atoms with Gasteiger partial charge in [0.25, 0.3) is 5.56 Å². The second-order valence-electron chi connectivity index (χ2n) is 7.04. The number of H-pyrrole nitrogens is 1. The Morgan fingerprint density at radius 1 is 1.27 bits per heavy atom. The first-order valence-corrected chi connectivity index (χ1v) is 11.4. The molecule has 5 nitrogen and oxygen atoms in total. The van der Waals surface area contributed by atoms with Crippen LogP contribution < -0.4 is 5.56 Å². The maximum absolute atomic E-state index is 13.1. The molecule has 0 radical (unpaired) electrons. The molecule has 2 aromatic rings. The zero-order valence-corrected chi connectivity index (χ0v) is 17.2. The molecule has 142 valence electrons. The average Bonchev–Trinajstić information content (AvgIpc) is 2.98. The predicted octanol–water partition coefficient (Wildman–Crippen LogP) is 3.23. The Kier molecular flexibility index (Phi) is 5.69. The van der Waals surface area contributed by atoms with Crippen LogP contribution in [0.1, 0.15) is 37.4 Å². The van der Waals surface area contributed by atoms with E-state index >= 15 is 0 Å². The van der Waals surface area contributed by atoms with Crippen molar-refractivity contribution in [3.63, 3.8) is 0 Å². The van der Waals surface area contributed by atoms with Crippen molar-refractivity contribution in [2.75, 3.05) is 20.1 Å². The maximum atomic E-state index is 13.1. The minimum Gasteiger partial charge on any atom is -0.326 e. The third-order valence-corrected chi connectivity index (χ3v) is 9.07. The van der Waals surface area contributed by atoms with Gasteiger partial charge in [0.15, 0.2) is 9.84 Å². The number of hydrogen-bond acceptors (Lipinski definition) is 5. The van der Waals surface area contributed by atoms with Crippen LogP contribution in [0.4, 0.5) is 0 Å². The van der Waals surface area contributed by atoms with E-state index in [2.05, 4.69) is 9.88 Å². The van der Waals surface area contributed by atoms with Gasteiger partial charge in [0.05, 0.1) is 5.25 Å². The van der Waals surface area contributed by atoms with Crippen LogP contribution in [0.3, 0.4) is 0 Å². The van der Waals surface area contributed by atoms with Crippen molar-refractivity contribution in [2.45, 2.75) is 49.0 Å². The molecule has 1 saturated heterocycles. The molecule has 1 unspecified atom stereocenters. The summed E-state index contributed by atoms with van der Waals surface area (Å²) in [5.74, 6) is 0. The molecule has 0 aliphatic carbocycles. The van der Waals surface area contributed by atoms with E-state index < -0.39 is 9.84 Å². The van der Waals surface area contributed by atoms with E-state index in [-0.39, 0.29) is 10.8 Å². The highest BCUT2D eigenvalue weighted by atomic mass is 32.2. The van der Waals surface area contributed by atoms with E-state index in [9.17, 15) is 13.2 Å². The van der Waals surface area contributed by atoms with E-state index in [0.717, 1.165) is 47.6 Å². The number of nitrogens with one attached hydrogen (secondary N) is 1. The third-order valence-electron chi connectivity index (χ3n) is 5.16. The van der Waals surface area contributed by atoms with E-state index in [1.807, 2.05) is 33.0 Å². The van der Waals surface area contributed by atoms with Crippen LogP contribution in [0, 0.1) is 6.92 Å². The van der Waals surface area contributed by atoms with Crippen LogP contribution in [0.2, 0.25) is 0 Å². The summed E-state index contributed by atoms with van der Waals surface area (Å²) in [6.45, 7) is 5.57. The Bertz CT molecular complexity index is 944. The maximum Gasteiger partial charge on any atom is 0.251 e. The number of aryl methyl sites for hydroxylation is 2. The van der Waals surface area contributed by atoms with Crippen LogP contribution in [-0.2, 0) is 16.3 Å². The van der Waals surface area contributed by atoms with Crippen molar-refractivity contribution >= 4 is 21.2 Å². The molecule has 0 amide bonds. The van der Waals surface area contributed by atoms with Crippen LogP contribution in [0.15, 0.2) is 27.2 Å². The molecule has 2 aromatic heterocycles. The summed E-state index contributed by atoms with van der Waals surface area (Å²) in [6, 6.07) is 5.47. The summed E-state index contributed by atoms with van der Waals surface area (Å²) in [6.07, 6.45) is 2.97. The highest BCUT2D eigenvalue weighted by Crippen LogP contribution is 2.35. The Morgan fingerprint density at radius 3 is 2.77 bits per heavy atom. The summed E-state index contributed by atoms with van der Waals surface area (Å²) >= 11 is 1.31. The van der Waals surface area contributed by atoms with Gasteiger partial charge in [-0.3, -0.25) is 4.79 Å². The minimum atomic E-state index is -3.31. The van der Waals surface area contributed by atoms with E-state index in [1.54, 1.807) is 6.07 Å². The number of sulfone groups is 1. The first-order chi connectivity index (χ1) is 12.3. The third kappa shape index (κ3) is 3.80. The average molecular weight is 395 g/mol. The van der Waals surface area contributed by atoms with E-state index in [0.29, 0.717) is 17.1 Å². The molecule has 1 fully saturated rings. The SMILES string of the molecule is CCc1cc(-c2ccc(S(=O)(=O)C3CCCN(C)CC3)s2)c(C)[nH]c1=O. The van der Waals surface area contributed by atoms with Gasteiger partial charge in [-0.2, -0.15) is 0 Å². The summed E-state index contributed by atoms with van der Waals surface area (Å²) < 4.78 is 26.6. The summed E-state index contributed by atoms with van der Waals surface area (Å²) in [7, 11) is -1.27. The molecular formula is C19H26N2O3S2. The number of rotatable bonds is 4. The van der Waals surface area contributed by atoms with Gasteiger partial charge >= 0.3 is 0 Å². The van der Waals surface area contributed by atoms with Crippen LogP contribution in [0.5, 0.6) is 0 Å². The Labute approximate surface area is 159 Å². The highest BCUT2D eigenvalue weighted by molar-refractivity contribution is 7.94. The number of aromatic nitrogens is 1. The molecule has 0 bridgehead atoms. The molecule has 26 heavy (non-hydrogen) atoms. The number of nitrogens with zero attached hydrogens (tertiary/aromatic N) is 1. The normalized spacial score (nSPS) is 19.4. The molecule has 1 atom stereocenters. The zero-order chi connectivity index (χ0) is 18.9. The molecule has 1 N–H and O–H groups in total. The van der Waals surface area contributed by atoms with E-state index in [4.69, 9.17) is 0 Å². The fourth-order valence-corrected chi connectivity index (χ4v) is 6.92. The number of likely N-dealkylation sites (tertiary alicyclic amines) is 1. The van der Waals surface area contributed by atoms with Crippen molar-refractivity contribution < 1.29 is 8.42 Å². The molecule has 3 heterocycles. The zero-order valence-electron chi connectivity index (χ0n) is 15.5. The fraction of sp³-hybridized carbons (Fsp3) is 0.526. The highest BCUT2D eigenvalue weighted by Gasteiger charge is 2.30. The lowest BCUT2D eigenvalue weighted by Gasteiger charge is -2.14. The van der Waals surface area contributed by atoms with Gasteiger partial charge in [0.1, 0.15) is 4.21 Å². The van der Waals surface area contributed by atoms with Crippen molar-refractivity contribution in [1.82, 2.24) is 9.88 Å². The van der Waals surface area contributed by atoms with Gasteiger partial charge < -0.3 is 9.88 Å². The van der Waals surface area contributed by atoms with Gasteiger partial charge in [-0.1, -0.05) is 6.92 Å². The Balaban J connectivity index is 1.93. The fourth-order valence-electron chi connectivity index (χ4n) is 3.49. The standard InChI is InChI=1S/C19H26N2O3S2/c1-4-14-12-16(13(2)20-19(14)22)17-7-8-18(25-17)26(23,24)15-6-5-10-21(3)11-9-15/h7-8,12,15H,4-6,9-11H2,1-3H3,(H,20,22). The van der Waals surface area contributed by atoms with Crippen LogP contribution in [-0.4, -0.2) is 43.7 Å². The first kappa shape index (κ1) is 19.3. The number of thiophene rings is 1. The topological polar surface area (TPSA) is 70.2 Å². The number of pyridine rings is 1. The van der Waals surface area contributed by atoms with Crippen LogP contribution >= 0.6 is 11.3 Å². The monoisotopic (exact) mass is 394 g/mol. The van der Waals surface area contributed by atoms with Gasteiger partial charge in [-0.05, 0) is 70.9 Å². The molecule has 7 heteroatoms. The molecule has 0 aromatic carbocycles. The van der Waals surface area contributed by atoms with Crippen molar-refractivity contribution in [3.05, 3.63) is 39.8 Å². The van der Waals surface area contributed by atoms with E-state index in [1.165, 1.54) is 11.3 Å². The molecular weight excluding hydrogens is 368 g/mol. The Morgan fingerprint density at radius 2 is 2.04 bits per heavy atom. The van der Waals surface area contributed by atoms with Gasteiger partial charge in [-0.15, -0.1) is 11.3 Å². The molecule has 3 rings (SSSR count). The van der Waals surface area contributed by atoms with Gasteiger partial charge in [0.2, 0.25) is 0 Å². The minimum absolute atomic E-state index is 0.0688. The van der Waals surface area contributed by atoms with Crippen molar-refractivity contribution in [3.8, 4) is 10.4 Å². The summed E-state index contributed by atoms with van der Waals surface area (Å²) in [5.41, 5.74) is 2.33. The lowest BCUT2D eigenvalue weighted by molar-refractivity contribution is 0.349. The van der Waals surface area contributed by atoms with Gasteiger partial charge in [0, 0.05) is 21.7 Å². The molecule has 1 aliphatic heterocycles. The molecule has 0 saturated carbocycles. The summed E-state index contributed by atoms with van der Waals surface area (Å²) in [4.78, 5) is 17.9. The first-order valence-electron chi connectivity index (χ1n) is 9.08. The number of aromatic amines is 1. The van der Waals surface area contributed by atoms with Crippen LogP contribution in [0.25, 0.3) is 10.4 Å². The second kappa shape index (κ2) is 7.66. The molecule has 0 spiro atoms. The lowest BCUT2D eigenvalue weighted by atomic mass is 10.1. The predicted molar refractivity (Wildman–Crippen MR) is 107 cm³/mol.